The van der Waals surface area contributed by atoms with E-state index in [0.29, 0.717) is 21.3 Å². The van der Waals surface area contributed by atoms with Crippen LogP contribution in [0, 0.1) is 6.92 Å². The Kier molecular flexibility index (Phi) is 3.57. The van der Waals surface area contributed by atoms with Crippen molar-refractivity contribution in [1.29, 1.82) is 0 Å². The van der Waals surface area contributed by atoms with Crippen LogP contribution in [-0.2, 0) is 0 Å². The maximum atomic E-state index is 12.3. The average Bonchev–Trinajstić information content (AvgIpc) is 2.81. The number of imidazole rings is 1. The van der Waals surface area contributed by atoms with Gasteiger partial charge in [0, 0.05) is 17.4 Å². The monoisotopic (exact) mass is 319 g/mol. The lowest BCUT2D eigenvalue weighted by atomic mass is 10.2. The van der Waals surface area contributed by atoms with Gasteiger partial charge in [-0.15, -0.1) is 0 Å². The Bertz CT molecular complexity index is 842. The third-order valence-corrected chi connectivity index (χ3v) is 3.57. The third-order valence-electron chi connectivity index (χ3n) is 3.01. The molecular weight excluding hydrogens is 309 g/mol. The number of aryl methyl sites for hydroxylation is 1. The van der Waals surface area contributed by atoms with Crippen LogP contribution in [-0.4, -0.2) is 15.3 Å². The van der Waals surface area contributed by atoms with E-state index in [1.165, 1.54) is 0 Å². The van der Waals surface area contributed by atoms with E-state index in [0.717, 1.165) is 11.3 Å². The van der Waals surface area contributed by atoms with Gasteiger partial charge in [0.25, 0.3) is 5.91 Å². The second-order valence-corrected chi connectivity index (χ2v) is 5.49. The Labute approximate surface area is 131 Å². The molecule has 0 bridgehead atoms. The van der Waals surface area contributed by atoms with E-state index < -0.39 is 0 Å². The molecule has 3 rings (SSSR count). The highest BCUT2D eigenvalue weighted by Gasteiger charge is 2.10. The second kappa shape index (κ2) is 5.39. The lowest BCUT2D eigenvalue weighted by Gasteiger charge is -2.08. The summed E-state index contributed by atoms with van der Waals surface area (Å²) >= 11 is 11.9. The predicted molar refractivity (Wildman–Crippen MR) is 84.3 cm³/mol. The van der Waals surface area contributed by atoms with E-state index >= 15 is 0 Å². The number of carbonyl (C=O) groups is 1. The van der Waals surface area contributed by atoms with Crippen LogP contribution in [0.5, 0.6) is 0 Å². The van der Waals surface area contributed by atoms with Crippen LogP contribution >= 0.6 is 23.2 Å². The largest absolute Gasteiger partial charge is 0.321 e. The predicted octanol–water partition coefficient (Wildman–Crippen LogP) is 4.20. The van der Waals surface area contributed by atoms with Gasteiger partial charge in [-0.25, -0.2) is 4.98 Å². The number of hydrogen-bond acceptors (Lipinski definition) is 2. The Morgan fingerprint density at radius 3 is 2.81 bits per heavy atom. The number of anilines is 1. The van der Waals surface area contributed by atoms with Crippen LogP contribution in [0.1, 0.15) is 16.1 Å². The van der Waals surface area contributed by atoms with Crippen LogP contribution in [0.15, 0.2) is 42.7 Å². The van der Waals surface area contributed by atoms with Gasteiger partial charge >= 0.3 is 0 Å². The number of amides is 1. The van der Waals surface area contributed by atoms with Crippen molar-refractivity contribution >= 4 is 40.4 Å². The van der Waals surface area contributed by atoms with E-state index in [2.05, 4.69) is 10.3 Å². The minimum absolute atomic E-state index is 0.257. The first kappa shape index (κ1) is 13.9. The van der Waals surface area contributed by atoms with Crippen molar-refractivity contribution < 1.29 is 4.79 Å². The number of rotatable bonds is 2. The van der Waals surface area contributed by atoms with Gasteiger partial charge in [0.2, 0.25) is 0 Å². The molecule has 0 aliphatic rings. The molecule has 0 aliphatic carbocycles. The number of benzene rings is 1. The van der Waals surface area contributed by atoms with Crippen molar-refractivity contribution in [2.45, 2.75) is 6.92 Å². The zero-order valence-electron chi connectivity index (χ0n) is 11.1. The Morgan fingerprint density at radius 2 is 2.00 bits per heavy atom. The van der Waals surface area contributed by atoms with Crippen LogP contribution in [0.2, 0.25) is 10.0 Å². The summed E-state index contributed by atoms with van der Waals surface area (Å²) in [6, 6.07) is 8.43. The molecule has 21 heavy (non-hydrogen) atoms. The molecule has 0 fully saturated rings. The molecule has 0 aliphatic heterocycles. The zero-order chi connectivity index (χ0) is 15.0. The molecule has 2 heterocycles. The molecule has 3 aromatic rings. The first-order chi connectivity index (χ1) is 10.0. The fraction of sp³-hybridized carbons (Fsp3) is 0.0667. The highest BCUT2D eigenvalue weighted by Crippen LogP contribution is 2.25. The van der Waals surface area contributed by atoms with E-state index in [9.17, 15) is 4.79 Å². The summed E-state index contributed by atoms with van der Waals surface area (Å²) in [7, 11) is 0. The number of nitrogens with one attached hydrogen (secondary N) is 1. The van der Waals surface area contributed by atoms with Crippen molar-refractivity contribution in [1.82, 2.24) is 9.38 Å². The number of hydrogen-bond donors (Lipinski definition) is 1. The topological polar surface area (TPSA) is 46.4 Å². The van der Waals surface area contributed by atoms with Gasteiger partial charge in [-0.1, -0.05) is 23.2 Å². The first-order valence-electron chi connectivity index (χ1n) is 6.25. The molecule has 0 radical (unpaired) electrons. The van der Waals surface area contributed by atoms with Crippen LogP contribution in [0.4, 0.5) is 5.69 Å². The fourth-order valence-electron chi connectivity index (χ4n) is 2.04. The molecule has 1 N–H and O–H groups in total. The van der Waals surface area contributed by atoms with Crippen molar-refractivity contribution in [3.05, 3.63) is 64.0 Å². The second-order valence-electron chi connectivity index (χ2n) is 4.64. The van der Waals surface area contributed by atoms with Crippen LogP contribution in [0.25, 0.3) is 5.65 Å². The molecule has 4 nitrogen and oxygen atoms in total. The summed E-state index contributed by atoms with van der Waals surface area (Å²) in [6.07, 6.45) is 3.58. The number of aromatic nitrogens is 2. The summed E-state index contributed by atoms with van der Waals surface area (Å²) in [4.78, 5) is 16.6. The molecule has 0 spiro atoms. The summed E-state index contributed by atoms with van der Waals surface area (Å²) in [5.41, 5.74) is 2.68. The van der Waals surface area contributed by atoms with E-state index in [1.807, 2.05) is 17.5 Å². The number of carbonyl (C=O) groups excluding carboxylic acids is 1. The normalized spacial score (nSPS) is 10.8. The minimum atomic E-state index is -0.257. The molecule has 106 valence electrons. The smallest absolute Gasteiger partial charge is 0.257 e. The molecule has 0 unspecified atom stereocenters. The number of fused-ring (bicyclic) bond motifs is 1. The lowest BCUT2D eigenvalue weighted by molar-refractivity contribution is 0.102. The van der Waals surface area contributed by atoms with Crippen LogP contribution in [0.3, 0.4) is 0 Å². The standard InChI is InChI=1S/C15H11Cl2N3O/c1-9-7-20-8-10(2-5-14(20)18-9)15(21)19-13-6-11(16)3-4-12(13)17/h2-8H,1H3,(H,19,21). The lowest BCUT2D eigenvalue weighted by Crippen LogP contribution is -2.12. The van der Waals surface area contributed by atoms with Gasteiger partial charge in [-0.05, 0) is 37.3 Å². The average molecular weight is 320 g/mol. The van der Waals surface area contributed by atoms with Gasteiger partial charge in [-0.3, -0.25) is 4.79 Å². The molecule has 0 atom stereocenters. The fourth-order valence-corrected chi connectivity index (χ4v) is 2.38. The van der Waals surface area contributed by atoms with Crippen molar-refractivity contribution in [3.8, 4) is 0 Å². The maximum absolute atomic E-state index is 12.3. The third kappa shape index (κ3) is 2.86. The van der Waals surface area contributed by atoms with Crippen molar-refractivity contribution in [2.24, 2.45) is 0 Å². The maximum Gasteiger partial charge on any atom is 0.257 e. The van der Waals surface area contributed by atoms with E-state index in [-0.39, 0.29) is 5.91 Å². The molecule has 1 amide bonds. The zero-order valence-corrected chi connectivity index (χ0v) is 12.6. The molecule has 0 saturated heterocycles. The van der Waals surface area contributed by atoms with E-state index in [4.69, 9.17) is 23.2 Å². The van der Waals surface area contributed by atoms with Crippen molar-refractivity contribution in [2.75, 3.05) is 5.32 Å². The van der Waals surface area contributed by atoms with Gasteiger partial charge < -0.3 is 9.72 Å². The van der Waals surface area contributed by atoms with Crippen LogP contribution < -0.4 is 5.32 Å². The summed E-state index contributed by atoms with van der Waals surface area (Å²) in [5, 5.41) is 3.70. The summed E-state index contributed by atoms with van der Waals surface area (Å²) < 4.78 is 1.81. The minimum Gasteiger partial charge on any atom is -0.321 e. The molecular formula is C15H11Cl2N3O. The molecule has 1 aromatic carbocycles. The van der Waals surface area contributed by atoms with Gasteiger partial charge in [0.05, 0.1) is 22.0 Å². The Hall–Kier alpha value is -2.04. The quantitative estimate of drug-likeness (QED) is 0.769. The molecule has 6 heteroatoms. The Balaban J connectivity index is 1.91. The number of nitrogens with zero attached hydrogens (tertiary/aromatic N) is 2. The molecule has 2 aromatic heterocycles. The SMILES string of the molecule is Cc1cn2cc(C(=O)Nc3cc(Cl)ccc3Cl)ccc2n1. The van der Waals surface area contributed by atoms with E-state index in [1.54, 1.807) is 36.5 Å². The highest BCUT2D eigenvalue weighted by atomic mass is 35.5. The van der Waals surface area contributed by atoms with Gasteiger partial charge in [0.1, 0.15) is 5.65 Å². The van der Waals surface area contributed by atoms with Gasteiger partial charge in [0.15, 0.2) is 0 Å². The number of pyridine rings is 1. The Morgan fingerprint density at radius 1 is 1.19 bits per heavy atom. The van der Waals surface area contributed by atoms with Gasteiger partial charge in [-0.2, -0.15) is 0 Å². The van der Waals surface area contributed by atoms with Crippen molar-refractivity contribution in [3.63, 3.8) is 0 Å². The summed E-state index contributed by atoms with van der Waals surface area (Å²) in [5.74, 6) is -0.257. The summed E-state index contributed by atoms with van der Waals surface area (Å²) in [6.45, 7) is 1.90. The highest BCUT2D eigenvalue weighted by molar-refractivity contribution is 6.35. The first-order valence-corrected chi connectivity index (χ1v) is 7.00. The molecule has 0 saturated carbocycles. The number of halogens is 2.